The lowest BCUT2D eigenvalue weighted by atomic mass is 10.1. The van der Waals surface area contributed by atoms with Crippen LogP contribution in [0.2, 0.25) is 0 Å². The molecule has 0 aliphatic rings. The second-order valence-corrected chi connectivity index (χ2v) is 3.25. The third-order valence-corrected chi connectivity index (χ3v) is 2.10. The van der Waals surface area contributed by atoms with Crippen LogP contribution in [0, 0.1) is 0 Å². The Hall–Kier alpha value is -1.85. The average molecular weight is 245 g/mol. The summed E-state index contributed by atoms with van der Waals surface area (Å²) in [4.78, 5) is 0. The highest BCUT2D eigenvalue weighted by Crippen LogP contribution is 2.28. The molecular formula is C11H13F2NO3. The quantitative estimate of drug-likeness (QED) is 0.492. The first-order valence-corrected chi connectivity index (χ1v) is 4.86. The highest BCUT2D eigenvalue weighted by Gasteiger charge is 2.10. The van der Waals surface area contributed by atoms with Crippen molar-refractivity contribution in [3.63, 3.8) is 0 Å². The standard InChI is InChI=1S/C11H13F2NO3/c1-7(14-15)8-3-4-9(10(5-8)16-2)17-6-11(12)13/h3-5,11,15H,6H2,1-2H3/b14-7-. The second kappa shape index (κ2) is 6.03. The van der Waals surface area contributed by atoms with Crippen LogP contribution < -0.4 is 9.47 Å². The van der Waals surface area contributed by atoms with Gasteiger partial charge in [0.1, 0.15) is 6.61 Å². The maximum Gasteiger partial charge on any atom is 0.272 e. The molecule has 94 valence electrons. The maximum absolute atomic E-state index is 12.0. The van der Waals surface area contributed by atoms with Crippen molar-refractivity contribution in [2.75, 3.05) is 13.7 Å². The third kappa shape index (κ3) is 3.58. The largest absolute Gasteiger partial charge is 0.493 e. The van der Waals surface area contributed by atoms with Crippen LogP contribution in [-0.4, -0.2) is 31.1 Å². The Kier molecular flexibility index (Phi) is 4.68. The van der Waals surface area contributed by atoms with Crippen molar-refractivity contribution in [2.45, 2.75) is 13.3 Å². The average Bonchev–Trinajstić information content (AvgIpc) is 2.34. The fourth-order valence-electron chi connectivity index (χ4n) is 1.22. The Morgan fingerprint density at radius 1 is 1.41 bits per heavy atom. The summed E-state index contributed by atoms with van der Waals surface area (Å²) in [6, 6.07) is 4.64. The molecule has 0 aliphatic heterocycles. The summed E-state index contributed by atoms with van der Waals surface area (Å²) in [5.41, 5.74) is 1.01. The van der Waals surface area contributed by atoms with E-state index >= 15 is 0 Å². The van der Waals surface area contributed by atoms with Crippen LogP contribution in [0.15, 0.2) is 23.4 Å². The smallest absolute Gasteiger partial charge is 0.272 e. The van der Waals surface area contributed by atoms with Crippen LogP contribution in [0.5, 0.6) is 11.5 Å². The minimum Gasteiger partial charge on any atom is -0.493 e. The molecule has 1 aromatic carbocycles. The molecule has 17 heavy (non-hydrogen) atoms. The maximum atomic E-state index is 12.0. The van der Waals surface area contributed by atoms with Crippen LogP contribution in [0.25, 0.3) is 0 Å². The van der Waals surface area contributed by atoms with Crippen molar-refractivity contribution in [1.29, 1.82) is 0 Å². The fraction of sp³-hybridized carbons (Fsp3) is 0.364. The topological polar surface area (TPSA) is 51.0 Å². The summed E-state index contributed by atoms with van der Waals surface area (Å²) in [5, 5.41) is 11.7. The van der Waals surface area contributed by atoms with Crippen LogP contribution in [0.1, 0.15) is 12.5 Å². The monoisotopic (exact) mass is 245 g/mol. The molecule has 0 amide bonds. The summed E-state index contributed by atoms with van der Waals surface area (Å²) >= 11 is 0. The Balaban J connectivity index is 2.93. The molecule has 6 heteroatoms. The lowest BCUT2D eigenvalue weighted by Crippen LogP contribution is -2.08. The Morgan fingerprint density at radius 2 is 2.12 bits per heavy atom. The van der Waals surface area contributed by atoms with Gasteiger partial charge in [0.25, 0.3) is 6.43 Å². The first-order chi connectivity index (χ1) is 8.08. The highest BCUT2D eigenvalue weighted by molar-refractivity contribution is 5.98. The molecule has 1 aromatic rings. The molecule has 0 unspecified atom stereocenters. The summed E-state index contributed by atoms with van der Waals surface area (Å²) < 4.78 is 33.9. The first-order valence-electron chi connectivity index (χ1n) is 4.86. The van der Waals surface area contributed by atoms with Crippen LogP contribution in [0.3, 0.4) is 0 Å². The molecule has 0 spiro atoms. The van der Waals surface area contributed by atoms with Crippen molar-refractivity contribution >= 4 is 5.71 Å². The van der Waals surface area contributed by atoms with Gasteiger partial charge in [-0.05, 0) is 25.1 Å². The van der Waals surface area contributed by atoms with E-state index in [9.17, 15) is 8.78 Å². The predicted octanol–water partition coefficient (Wildman–Crippen LogP) is 2.54. The van der Waals surface area contributed by atoms with Gasteiger partial charge in [-0.15, -0.1) is 0 Å². The van der Waals surface area contributed by atoms with Gasteiger partial charge in [-0.1, -0.05) is 5.16 Å². The Morgan fingerprint density at radius 3 is 2.65 bits per heavy atom. The van der Waals surface area contributed by atoms with Crippen molar-refractivity contribution in [3.05, 3.63) is 23.8 Å². The van der Waals surface area contributed by atoms with Gasteiger partial charge in [-0.2, -0.15) is 0 Å². The van der Waals surface area contributed by atoms with Gasteiger partial charge >= 0.3 is 0 Å². The number of nitrogens with zero attached hydrogens (tertiary/aromatic N) is 1. The zero-order chi connectivity index (χ0) is 12.8. The van der Waals surface area contributed by atoms with E-state index in [1.54, 1.807) is 19.1 Å². The number of ether oxygens (including phenoxy) is 2. The molecule has 0 aliphatic carbocycles. The molecule has 0 heterocycles. The third-order valence-electron chi connectivity index (χ3n) is 2.10. The van der Waals surface area contributed by atoms with Crippen LogP contribution >= 0.6 is 0 Å². The normalized spacial score (nSPS) is 11.7. The van der Waals surface area contributed by atoms with E-state index in [4.69, 9.17) is 14.7 Å². The van der Waals surface area contributed by atoms with Gasteiger partial charge in [-0.3, -0.25) is 0 Å². The van der Waals surface area contributed by atoms with Gasteiger partial charge in [0.2, 0.25) is 0 Å². The lowest BCUT2D eigenvalue weighted by molar-refractivity contribution is 0.0804. The van der Waals surface area contributed by atoms with Gasteiger partial charge in [0.05, 0.1) is 12.8 Å². The van der Waals surface area contributed by atoms with Crippen molar-refractivity contribution < 1.29 is 23.5 Å². The lowest BCUT2D eigenvalue weighted by Gasteiger charge is -2.11. The molecular weight excluding hydrogens is 232 g/mol. The molecule has 0 saturated carbocycles. The number of oxime groups is 1. The summed E-state index contributed by atoms with van der Waals surface area (Å²) in [7, 11) is 1.40. The molecule has 0 saturated heterocycles. The number of hydrogen-bond donors (Lipinski definition) is 1. The van der Waals surface area contributed by atoms with E-state index in [1.165, 1.54) is 13.2 Å². The van der Waals surface area contributed by atoms with Gasteiger partial charge < -0.3 is 14.7 Å². The zero-order valence-electron chi connectivity index (χ0n) is 9.48. The van der Waals surface area contributed by atoms with Gasteiger partial charge in [0, 0.05) is 5.56 Å². The number of halogens is 2. The number of alkyl halides is 2. The van der Waals surface area contributed by atoms with Gasteiger partial charge in [0.15, 0.2) is 11.5 Å². The Bertz CT molecular complexity index is 408. The summed E-state index contributed by atoms with van der Waals surface area (Å²) in [5.74, 6) is 0.536. The SMILES string of the molecule is COc1cc(/C(C)=N\O)ccc1OCC(F)F. The van der Waals surface area contributed by atoms with Crippen LogP contribution in [0.4, 0.5) is 8.78 Å². The first kappa shape index (κ1) is 13.2. The van der Waals surface area contributed by atoms with E-state index < -0.39 is 13.0 Å². The summed E-state index contributed by atoms with van der Waals surface area (Å²) in [6.07, 6.45) is -2.54. The number of methoxy groups -OCH3 is 1. The Labute approximate surface area is 97.5 Å². The molecule has 0 atom stereocenters. The molecule has 0 aromatic heterocycles. The van der Waals surface area contributed by atoms with E-state index in [1.807, 2.05) is 0 Å². The van der Waals surface area contributed by atoms with Crippen molar-refractivity contribution in [1.82, 2.24) is 0 Å². The predicted molar refractivity (Wildman–Crippen MR) is 58.5 cm³/mol. The number of rotatable bonds is 5. The molecule has 0 radical (unpaired) electrons. The van der Waals surface area contributed by atoms with E-state index in [0.717, 1.165) is 0 Å². The zero-order valence-corrected chi connectivity index (χ0v) is 9.48. The molecule has 0 bridgehead atoms. The highest BCUT2D eigenvalue weighted by atomic mass is 19.3. The summed E-state index contributed by atoms with van der Waals surface area (Å²) in [6.45, 7) is 0.914. The van der Waals surface area contributed by atoms with E-state index in [2.05, 4.69) is 5.16 Å². The molecule has 1 N–H and O–H groups in total. The minimum absolute atomic E-state index is 0.224. The number of benzene rings is 1. The fourth-order valence-corrected chi connectivity index (χ4v) is 1.22. The van der Waals surface area contributed by atoms with Crippen LogP contribution in [-0.2, 0) is 0 Å². The van der Waals surface area contributed by atoms with Crippen molar-refractivity contribution in [2.24, 2.45) is 5.16 Å². The second-order valence-electron chi connectivity index (χ2n) is 3.25. The van der Waals surface area contributed by atoms with E-state index in [-0.39, 0.29) is 5.75 Å². The number of hydrogen-bond acceptors (Lipinski definition) is 4. The van der Waals surface area contributed by atoms with Crippen molar-refractivity contribution in [3.8, 4) is 11.5 Å². The molecule has 0 fully saturated rings. The van der Waals surface area contributed by atoms with E-state index in [0.29, 0.717) is 17.0 Å². The molecule has 1 rings (SSSR count). The molecule has 4 nitrogen and oxygen atoms in total. The van der Waals surface area contributed by atoms with Gasteiger partial charge in [-0.25, -0.2) is 8.78 Å². The minimum atomic E-state index is -2.54.